The van der Waals surface area contributed by atoms with Gasteiger partial charge in [0.1, 0.15) is 0 Å². The van der Waals surface area contributed by atoms with Crippen LogP contribution < -0.4 is 0 Å². The van der Waals surface area contributed by atoms with Gasteiger partial charge in [-0.15, -0.1) is 0 Å². The quantitative estimate of drug-likeness (QED) is 0.800. The van der Waals surface area contributed by atoms with Crippen LogP contribution in [0.1, 0.15) is 10.4 Å². The van der Waals surface area contributed by atoms with Gasteiger partial charge in [0.05, 0.1) is 18.2 Å². The molecule has 2 rings (SSSR count). The van der Waals surface area contributed by atoms with Gasteiger partial charge in [0.25, 0.3) is 5.91 Å². The SMILES string of the molecule is CON(C)C(=O)c1c(Br)cnc2ccccc12. The summed E-state index contributed by atoms with van der Waals surface area (Å²) in [6, 6.07) is 7.49. The third-order valence-corrected chi connectivity index (χ3v) is 3.10. The summed E-state index contributed by atoms with van der Waals surface area (Å²) in [6.45, 7) is 0. The van der Waals surface area contributed by atoms with Crippen LogP contribution in [0.25, 0.3) is 10.9 Å². The van der Waals surface area contributed by atoms with Crippen LogP contribution in [0.15, 0.2) is 34.9 Å². The van der Waals surface area contributed by atoms with E-state index in [2.05, 4.69) is 20.9 Å². The Bertz CT molecular complexity index is 571. The van der Waals surface area contributed by atoms with E-state index in [9.17, 15) is 4.79 Å². The van der Waals surface area contributed by atoms with Crippen molar-refractivity contribution in [2.45, 2.75) is 0 Å². The largest absolute Gasteiger partial charge is 0.279 e. The van der Waals surface area contributed by atoms with Gasteiger partial charge in [-0.3, -0.25) is 14.6 Å². The van der Waals surface area contributed by atoms with Gasteiger partial charge in [0.2, 0.25) is 0 Å². The fourth-order valence-corrected chi connectivity index (χ4v) is 2.06. The Morgan fingerprint density at radius 3 is 2.82 bits per heavy atom. The predicted molar refractivity (Wildman–Crippen MR) is 68.5 cm³/mol. The Morgan fingerprint density at radius 2 is 2.12 bits per heavy atom. The summed E-state index contributed by atoms with van der Waals surface area (Å²) in [4.78, 5) is 21.3. The highest BCUT2D eigenvalue weighted by Gasteiger charge is 2.18. The highest BCUT2D eigenvalue weighted by atomic mass is 79.9. The maximum absolute atomic E-state index is 12.2. The summed E-state index contributed by atoms with van der Waals surface area (Å²) in [7, 11) is 3.03. The fourth-order valence-electron chi connectivity index (χ4n) is 1.57. The van der Waals surface area contributed by atoms with Crippen LogP contribution >= 0.6 is 15.9 Å². The first-order valence-corrected chi connectivity index (χ1v) is 5.80. The number of amides is 1. The Labute approximate surface area is 107 Å². The summed E-state index contributed by atoms with van der Waals surface area (Å²) in [5.41, 5.74) is 1.34. The molecule has 0 N–H and O–H groups in total. The van der Waals surface area contributed by atoms with E-state index in [-0.39, 0.29) is 5.91 Å². The molecule has 88 valence electrons. The molecule has 0 aliphatic rings. The lowest BCUT2D eigenvalue weighted by atomic mass is 10.1. The summed E-state index contributed by atoms with van der Waals surface area (Å²) < 4.78 is 0.658. The number of hydrogen-bond donors (Lipinski definition) is 0. The molecule has 0 unspecified atom stereocenters. The summed E-state index contributed by atoms with van der Waals surface area (Å²) in [5, 5.41) is 1.99. The van der Waals surface area contributed by atoms with Crippen LogP contribution in [0.2, 0.25) is 0 Å². The third kappa shape index (κ3) is 2.16. The number of halogens is 1. The van der Waals surface area contributed by atoms with Gasteiger partial charge < -0.3 is 0 Å². The average Bonchev–Trinajstić information content (AvgIpc) is 2.37. The van der Waals surface area contributed by atoms with E-state index in [0.29, 0.717) is 10.0 Å². The highest BCUT2D eigenvalue weighted by Crippen LogP contribution is 2.25. The molecule has 0 fully saturated rings. The lowest BCUT2D eigenvalue weighted by Gasteiger charge is -2.15. The smallest absolute Gasteiger partial charge is 0.274 e. The van der Waals surface area contributed by atoms with Crippen molar-refractivity contribution < 1.29 is 9.63 Å². The molecular formula is C12H11BrN2O2. The van der Waals surface area contributed by atoms with Crippen molar-refractivity contribution in [3.63, 3.8) is 0 Å². The molecule has 1 amide bonds. The maximum atomic E-state index is 12.2. The minimum Gasteiger partial charge on any atom is -0.274 e. The van der Waals surface area contributed by atoms with Crippen LogP contribution in [0.4, 0.5) is 0 Å². The highest BCUT2D eigenvalue weighted by molar-refractivity contribution is 9.10. The molecule has 0 spiro atoms. The normalized spacial score (nSPS) is 10.5. The van der Waals surface area contributed by atoms with E-state index in [0.717, 1.165) is 10.9 Å². The number of benzene rings is 1. The zero-order valence-electron chi connectivity index (χ0n) is 9.48. The van der Waals surface area contributed by atoms with Crippen LogP contribution in [-0.4, -0.2) is 30.1 Å². The summed E-state index contributed by atoms with van der Waals surface area (Å²) in [5.74, 6) is -0.210. The number of hydroxylamine groups is 2. The first-order valence-electron chi connectivity index (χ1n) is 5.00. The molecule has 5 heteroatoms. The van der Waals surface area contributed by atoms with Crippen molar-refractivity contribution in [3.05, 3.63) is 40.5 Å². The first-order chi connectivity index (χ1) is 8.15. The van der Waals surface area contributed by atoms with Gasteiger partial charge in [-0.25, -0.2) is 5.06 Å². The predicted octanol–water partition coefficient (Wildman–Crippen LogP) is 2.63. The zero-order chi connectivity index (χ0) is 12.4. The van der Waals surface area contributed by atoms with Crippen molar-refractivity contribution in [1.82, 2.24) is 10.0 Å². The molecule has 0 bridgehead atoms. The second-order valence-electron chi connectivity index (χ2n) is 3.48. The Balaban J connectivity index is 2.66. The van der Waals surface area contributed by atoms with E-state index in [4.69, 9.17) is 4.84 Å². The van der Waals surface area contributed by atoms with Gasteiger partial charge >= 0.3 is 0 Å². The molecule has 0 aliphatic heterocycles. The molecule has 0 aliphatic carbocycles. The number of carbonyl (C=O) groups excluding carboxylic acids is 1. The molecule has 0 radical (unpaired) electrons. The van der Waals surface area contributed by atoms with Gasteiger partial charge in [0, 0.05) is 23.1 Å². The number of aromatic nitrogens is 1. The van der Waals surface area contributed by atoms with Crippen LogP contribution in [0.3, 0.4) is 0 Å². The molecule has 1 aromatic carbocycles. The van der Waals surface area contributed by atoms with Crippen molar-refractivity contribution in [2.75, 3.05) is 14.2 Å². The number of rotatable bonds is 2. The molecular weight excluding hydrogens is 284 g/mol. The lowest BCUT2D eigenvalue weighted by Crippen LogP contribution is -2.26. The molecule has 4 nitrogen and oxygen atoms in total. The van der Waals surface area contributed by atoms with E-state index in [1.165, 1.54) is 12.2 Å². The molecule has 0 saturated heterocycles. The molecule has 1 heterocycles. The molecule has 17 heavy (non-hydrogen) atoms. The van der Waals surface area contributed by atoms with Crippen molar-refractivity contribution >= 4 is 32.7 Å². The summed E-state index contributed by atoms with van der Waals surface area (Å²) >= 11 is 3.35. The topological polar surface area (TPSA) is 42.4 Å². The minimum atomic E-state index is -0.210. The van der Waals surface area contributed by atoms with Crippen molar-refractivity contribution in [3.8, 4) is 0 Å². The van der Waals surface area contributed by atoms with Gasteiger partial charge in [-0.05, 0) is 22.0 Å². The van der Waals surface area contributed by atoms with Gasteiger partial charge in [-0.2, -0.15) is 0 Å². The second kappa shape index (κ2) is 4.81. The number of carbonyl (C=O) groups is 1. The van der Waals surface area contributed by atoms with Crippen LogP contribution in [-0.2, 0) is 4.84 Å². The second-order valence-corrected chi connectivity index (χ2v) is 4.34. The molecule has 0 atom stereocenters. The molecule has 0 saturated carbocycles. The van der Waals surface area contributed by atoms with E-state index < -0.39 is 0 Å². The van der Waals surface area contributed by atoms with E-state index >= 15 is 0 Å². The van der Waals surface area contributed by atoms with Gasteiger partial charge in [0.15, 0.2) is 0 Å². The monoisotopic (exact) mass is 294 g/mol. The molecule has 1 aromatic heterocycles. The Hall–Kier alpha value is -1.46. The van der Waals surface area contributed by atoms with Crippen molar-refractivity contribution in [2.24, 2.45) is 0 Å². The zero-order valence-corrected chi connectivity index (χ0v) is 11.1. The van der Waals surface area contributed by atoms with E-state index in [1.807, 2.05) is 24.3 Å². The minimum absolute atomic E-state index is 0.210. The average molecular weight is 295 g/mol. The number of hydrogen-bond acceptors (Lipinski definition) is 3. The number of fused-ring (bicyclic) bond motifs is 1. The first kappa shape index (κ1) is 12.0. The third-order valence-electron chi connectivity index (χ3n) is 2.50. The van der Waals surface area contributed by atoms with Crippen LogP contribution in [0.5, 0.6) is 0 Å². The number of nitrogens with zero attached hydrogens (tertiary/aromatic N) is 2. The summed E-state index contributed by atoms with van der Waals surface area (Å²) in [6.07, 6.45) is 1.62. The fraction of sp³-hybridized carbons (Fsp3) is 0.167. The number of pyridine rings is 1. The van der Waals surface area contributed by atoms with Crippen LogP contribution in [0, 0.1) is 0 Å². The van der Waals surface area contributed by atoms with E-state index in [1.54, 1.807) is 13.2 Å². The Kier molecular flexibility index (Phi) is 3.40. The Morgan fingerprint density at radius 1 is 1.41 bits per heavy atom. The standard InChI is InChI=1S/C12H11BrN2O2/c1-15(17-2)12(16)11-8-5-3-4-6-10(8)14-7-9(11)13/h3-7H,1-2H3. The van der Waals surface area contributed by atoms with Gasteiger partial charge in [-0.1, -0.05) is 18.2 Å². The molecule has 2 aromatic rings. The maximum Gasteiger partial charge on any atom is 0.279 e. The van der Waals surface area contributed by atoms with Crippen molar-refractivity contribution in [1.29, 1.82) is 0 Å². The number of para-hydroxylation sites is 1. The lowest BCUT2D eigenvalue weighted by molar-refractivity contribution is -0.0756.